The Kier molecular flexibility index (Phi) is 5.71. The van der Waals surface area contributed by atoms with Crippen molar-refractivity contribution in [2.45, 2.75) is 31.7 Å². The Bertz CT molecular complexity index is 1020. The van der Waals surface area contributed by atoms with Crippen LogP contribution in [0.1, 0.15) is 31.2 Å². The summed E-state index contributed by atoms with van der Waals surface area (Å²) in [5.74, 6) is 1.17. The molecular weight excluding hydrogens is 370 g/mol. The van der Waals surface area contributed by atoms with Crippen LogP contribution in [0, 0.1) is 0 Å². The summed E-state index contributed by atoms with van der Waals surface area (Å²) in [5.41, 5.74) is 8.40. The first kappa shape index (κ1) is 18.9. The minimum Gasteiger partial charge on any atom is -0.404 e. The van der Waals surface area contributed by atoms with Crippen LogP contribution < -0.4 is 11.1 Å². The first-order valence-electron chi connectivity index (χ1n) is 9.63. The first-order chi connectivity index (χ1) is 14.3. The Morgan fingerprint density at radius 3 is 2.86 bits per heavy atom. The molecule has 1 aliphatic carbocycles. The number of rotatable bonds is 7. The summed E-state index contributed by atoms with van der Waals surface area (Å²) in [7, 11) is 0. The van der Waals surface area contributed by atoms with Gasteiger partial charge in [-0.25, -0.2) is 9.97 Å². The topological polar surface area (TPSA) is 140 Å². The van der Waals surface area contributed by atoms with Crippen LogP contribution in [0.4, 0.5) is 5.95 Å². The van der Waals surface area contributed by atoms with Gasteiger partial charge in [-0.2, -0.15) is 9.67 Å². The van der Waals surface area contributed by atoms with Gasteiger partial charge in [0.25, 0.3) is 0 Å². The lowest BCUT2D eigenvalue weighted by Gasteiger charge is -2.11. The lowest BCUT2D eigenvalue weighted by molar-refractivity contribution is 0.307. The molecule has 0 saturated heterocycles. The lowest BCUT2D eigenvalue weighted by atomic mass is 10.1. The fraction of sp³-hybridized carbons (Fsp3) is 0.368. The third-order valence-electron chi connectivity index (χ3n) is 4.82. The van der Waals surface area contributed by atoms with Gasteiger partial charge >= 0.3 is 0 Å². The van der Waals surface area contributed by atoms with Crippen molar-refractivity contribution in [2.24, 2.45) is 10.7 Å². The van der Waals surface area contributed by atoms with Crippen molar-refractivity contribution >= 4 is 28.9 Å². The number of aromatic nitrogens is 6. The average Bonchev–Trinajstić information content (AvgIpc) is 3.41. The Labute approximate surface area is 167 Å². The number of aliphatic hydroxyl groups is 1. The van der Waals surface area contributed by atoms with Gasteiger partial charge in [0, 0.05) is 35.8 Å². The maximum atomic E-state index is 8.84. The summed E-state index contributed by atoms with van der Waals surface area (Å²) in [4.78, 5) is 17.5. The number of nitrogens with zero attached hydrogens (tertiary/aromatic N) is 7. The van der Waals surface area contributed by atoms with Gasteiger partial charge < -0.3 is 16.2 Å². The van der Waals surface area contributed by atoms with Crippen LogP contribution in [0.15, 0.2) is 35.7 Å². The molecule has 4 N–H and O–H groups in total. The van der Waals surface area contributed by atoms with E-state index in [1.54, 1.807) is 23.3 Å². The molecule has 3 heterocycles. The summed E-state index contributed by atoms with van der Waals surface area (Å²) < 4.78 is 1.59. The number of nitrogens with two attached hydrogens (primary N) is 1. The number of anilines is 1. The Morgan fingerprint density at radius 1 is 1.28 bits per heavy atom. The fourth-order valence-electron chi connectivity index (χ4n) is 3.32. The molecule has 1 fully saturated rings. The number of aliphatic imine (C=N–C) groups is 1. The van der Waals surface area contributed by atoms with Gasteiger partial charge in [0.05, 0.1) is 19.3 Å². The number of nitrogens with one attached hydrogen (secondary N) is 1. The number of pyridine rings is 1. The second kappa shape index (κ2) is 8.74. The SMILES string of the molecule is NC=C(C=NCCO)c1ccc(-n2nnc3cnc(NC4CCCC4)nc32)nc1. The van der Waals surface area contributed by atoms with E-state index in [1.165, 1.54) is 19.0 Å². The van der Waals surface area contributed by atoms with Crippen molar-refractivity contribution in [3.8, 4) is 5.82 Å². The number of hydrogen-bond acceptors (Lipinski definition) is 9. The van der Waals surface area contributed by atoms with Gasteiger partial charge in [-0.3, -0.25) is 4.99 Å². The average molecular weight is 393 g/mol. The van der Waals surface area contributed by atoms with E-state index >= 15 is 0 Å². The summed E-state index contributed by atoms with van der Waals surface area (Å²) in [5, 5.41) is 20.5. The van der Waals surface area contributed by atoms with E-state index < -0.39 is 0 Å². The van der Waals surface area contributed by atoms with Gasteiger partial charge in [-0.05, 0) is 25.0 Å². The molecule has 150 valence electrons. The Morgan fingerprint density at radius 2 is 2.14 bits per heavy atom. The van der Waals surface area contributed by atoms with Crippen LogP contribution in [0.2, 0.25) is 0 Å². The van der Waals surface area contributed by atoms with Crippen LogP contribution in [-0.2, 0) is 0 Å². The van der Waals surface area contributed by atoms with E-state index in [0.717, 1.165) is 18.4 Å². The predicted octanol–water partition coefficient (Wildman–Crippen LogP) is 1.32. The van der Waals surface area contributed by atoms with Crippen molar-refractivity contribution in [2.75, 3.05) is 18.5 Å². The smallest absolute Gasteiger partial charge is 0.225 e. The molecule has 3 aromatic rings. The molecule has 0 bridgehead atoms. The molecule has 1 saturated carbocycles. The van der Waals surface area contributed by atoms with Gasteiger partial charge in [-0.1, -0.05) is 18.1 Å². The van der Waals surface area contributed by atoms with Crippen molar-refractivity contribution in [3.05, 3.63) is 36.3 Å². The molecule has 4 rings (SSSR count). The van der Waals surface area contributed by atoms with Crippen LogP contribution in [0.5, 0.6) is 0 Å². The number of hydrogen-bond donors (Lipinski definition) is 3. The highest BCUT2D eigenvalue weighted by Crippen LogP contribution is 2.22. The summed E-state index contributed by atoms with van der Waals surface area (Å²) >= 11 is 0. The second-order valence-corrected chi connectivity index (χ2v) is 6.82. The second-order valence-electron chi connectivity index (χ2n) is 6.82. The molecule has 0 aromatic carbocycles. The molecule has 29 heavy (non-hydrogen) atoms. The molecule has 0 spiro atoms. The summed E-state index contributed by atoms with van der Waals surface area (Å²) in [6.07, 6.45) is 11.2. The molecule has 0 amide bonds. The van der Waals surface area contributed by atoms with Gasteiger partial charge in [0.15, 0.2) is 17.0 Å². The first-order valence-corrected chi connectivity index (χ1v) is 9.63. The third-order valence-corrected chi connectivity index (χ3v) is 4.82. The van der Waals surface area contributed by atoms with Gasteiger partial charge in [-0.15, -0.1) is 5.10 Å². The van der Waals surface area contributed by atoms with Crippen molar-refractivity contribution in [1.82, 2.24) is 29.9 Å². The summed E-state index contributed by atoms with van der Waals surface area (Å²) in [6, 6.07) is 4.11. The molecule has 0 radical (unpaired) electrons. The van der Waals surface area contributed by atoms with Gasteiger partial charge in [0.2, 0.25) is 5.95 Å². The van der Waals surface area contributed by atoms with Crippen LogP contribution in [0.25, 0.3) is 22.6 Å². The summed E-state index contributed by atoms with van der Waals surface area (Å²) in [6.45, 7) is 0.315. The molecule has 10 nitrogen and oxygen atoms in total. The zero-order valence-electron chi connectivity index (χ0n) is 15.9. The molecule has 0 aliphatic heterocycles. The maximum Gasteiger partial charge on any atom is 0.225 e. The lowest BCUT2D eigenvalue weighted by Crippen LogP contribution is -2.16. The largest absolute Gasteiger partial charge is 0.404 e. The van der Waals surface area contributed by atoms with E-state index in [1.807, 2.05) is 12.1 Å². The van der Waals surface area contributed by atoms with Crippen LogP contribution in [-0.4, -0.2) is 60.5 Å². The van der Waals surface area contributed by atoms with Gasteiger partial charge in [0.1, 0.15) is 0 Å². The Balaban J connectivity index is 1.59. The van der Waals surface area contributed by atoms with Crippen molar-refractivity contribution in [1.29, 1.82) is 0 Å². The number of allylic oxidation sites excluding steroid dienone is 1. The quantitative estimate of drug-likeness (QED) is 0.511. The van der Waals surface area contributed by atoms with Crippen molar-refractivity contribution < 1.29 is 5.11 Å². The Hall–Kier alpha value is -3.40. The number of fused-ring (bicyclic) bond motifs is 1. The normalized spacial score (nSPS) is 15.6. The highest BCUT2D eigenvalue weighted by atomic mass is 16.3. The highest BCUT2D eigenvalue weighted by Gasteiger charge is 2.17. The molecule has 0 atom stereocenters. The van der Waals surface area contributed by atoms with Crippen LogP contribution in [0.3, 0.4) is 0 Å². The standard InChI is InChI=1S/C19H23N9O/c20-9-14(10-21-7-8-29)13-5-6-17(22-11-13)28-18-16(26-27-28)12-23-19(25-18)24-15-3-1-2-4-15/h5-6,9-12,15,29H,1-4,7-8,20H2,(H,23,24,25). The monoisotopic (exact) mass is 393 g/mol. The zero-order chi connectivity index (χ0) is 20.1. The maximum absolute atomic E-state index is 8.84. The minimum atomic E-state index is -0.00956. The van der Waals surface area contributed by atoms with Crippen molar-refractivity contribution in [3.63, 3.8) is 0 Å². The van der Waals surface area contributed by atoms with E-state index in [-0.39, 0.29) is 6.61 Å². The fourth-order valence-corrected chi connectivity index (χ4v) is 3.32. The van der Waals surface area contributed by atoms with E-state index in [9.17, 15) is 0 Å². The molecule has 3 aromatic heterocycles. The number of aliphatic hydroxyl groups excluding tert-OH is 1. The van der Waals surface area contributed by atoms with E-state index in [2.05, 4.69) is 35.6 Å². The molecule has 0 unspecified atom stereocenters. The van der Waals surface area contributed by atoms with E-state index in [0.29, 0.717) is 41.1 Å². The minimum absolute atomic E-state index is 0.00956. The molecule has 1 aliphatic rings. The van der Waals surface area contributed by atoms with E-state index in [4.69, 9.17) is 10.8 Å². The zero-order valence-corrected chi connectivity index (χ0v) is 15.9. The molecular formula is C19H23N9O. The molecule has 10 heteroatoms. The van der Waals surface area contributed by atoms with Crippen LogP contribution >= 0.6 is 0 Å². The highest BCUT2D eigenvalue weighted by molar-refractivity contribution is 6.09. The predicted molar refractivity (Wildman–Crippen MR) is 111 cm³/mol. The third kappa shape index (κ3) is 4.21.